The third-order valence-electron chi connectivity index (χ3n) is 4.45. The highest BCUT2D eigenvalue weighted by Crippen LogP contribution is 2.36. The predicted molar refractivity (Wildman–Crippen MR) is 107 cm³/mol. The van der Waals surface area contributed by atoms with E-state index >= 15 is 0 Å². The Morgan fingerprint density at radius 3 is 2.35 bits per heavy atom. The van der Waals surface area contributed by atoms with Crippen LogP contribution in [0, 0.1) is 0 Å². The highest BCUT2D eigenvalue weighted by atomic mass is 32.2. The molecule has 0 saturated carbocycles. The first-order chi connectivity index (χ1) is 14.5. The Hall–Kier alpha value is -3.05. The Morgan fingerprint density at radius 1 is 1.16 bits per heavy atom. The Kier molecular flexibility index (Phi) is 6.56. The minimum atomic E-state index is -4.71. The van der Waals surface area contributed by atoms with Crippen molar-refractivity contribution in [3.8, 4) is 11.5 Å². The van der Waals surface area contributed by atoms with Crippen LogP contribution < -0.4 is 15.8 Å². The van der Waals surface area contributed by atoms with Crippen LogP contribution in [0.5, 0.6) is 11.5 Å². The van der Waals surface area contributed by atoms with Gasteiger partial charge in [0, 0.05) is 5.56 Å². The molecule has 0 radical (unpaired) electrons. The second-order valence-electron chi connectivity index (χ2n) is 6.83. The maximum atomic E-state index is 13.4. The maximum Gasteiger partial charge on any atom is 0.436 e. The molecular formula is C20H18F3N2O5S+. The number of carbonyl (C=O) groups excluding carboxylic acids is 2. The number of aliphatic carboxylic acids is 1. The van der Waals surface area contributed by atoms with E-state index in [9.17, 15) is 27.6 Å². The van der Waals surface area contributed by atoms with Crippen LogP contribution in [0.4, 0.5) is 18.0 Å². The van der Waals surface area contributed by atoms with Gasteiger partial charge in [-0.2, -0.15) is 13.2 Å². The van der Waals surface area contributed by atoms with Crippen molar-refractivity contribution in [3.05, 3.63) is 59.2 Å². The lowest BCUT2D eigenvalue weighted by Gasteiger charge is -2.16. The van der Waals surface area contributed by atoms with Gasteiger partial charge in [-0.1, -0.05) is 18.2 Å². The SMILES string of the molecule is NC(Cc1ccc(Oc2ccc(C[S+]3CC(=O)NC3=O)cc2)cc1C(F)(F)F)C(=O)O. The van der Waals surface area contributed by atoms with Gasteiger partial charge in [-0.05, 0) is 36.2 Å². The van der Waals surface area contributed by atoms with Crippen molar-refractivity contribution in [1.29, 1.82) is 0 Å². The van der Waals surface area contributed by atoms with Gasteiger partial charge < -0.3 is 15.6 Å². The molecule has 1 aliphatic heterocycles. The van der Waals surface area contributed by atoms with Crippen LogP contribution >= 0.6 is 0 Å². The Labute approximate surface area is 177 Å². The summed E-state index contributed by atoms with van der Waals surface area (Å²) in [6.45, 7) is 0. The number of benzene rings is 2. The number of nitrogens with two attached hydrogens (primary N) is 1. The van der Waals surface area contributed by atoms with E-state index < -0.39 is 41.1 Å². The van der Waals surface area contributed by atoms with Crippen LogP contribution in [0.2, 0.25) is 0 Å². The van der Waals surface area contributed by atoms with Crippen molar-refractivity contribution in [2.24, 2.45) is 5.73 Å². The summed E-state index contributed by atoms with van der Waals surface area (Å²) in [5, 5.41) is 10.8. The Bertz CT molecular complexity index is 1010. The van der Waals surface area contributed by atoms with Gasteiger partial charge in [-0.3, -0.25) is 9.59 Å². The first-order valence-corrected chi connectivity index (χ1v) is 10.6. The van der Waals surface area contributed by atoms with Crippen LogP contribution in [0.3, 0.4) is 0 Å². The monoisotopic (exact) mass is 455 g/mol. The number of carboxylic acids is 1. The van der Waals surface area contributed by atoms with E-state index in [1.165, 1.54) is 6.07 Å². The molecule has 2 atom stereocenters. The number of hydrogen-bond donors (Lipinski definition) is 3. The summed E-state index contributed by atoms with van der Waals surface area (Å²) in [5.74, 6) is -0.961. The van der Waals surface area contributed by atoms with Crippen molar-refractivity contribution in [1.82, 2.24) is 5.32 Å². The molecule has 1 saturated heterocycles. The minimum Gasteiger partial charge on any atom is -0.480 e. The van der Waals surface area contributed by atoms with Crippen molar-refractivity contribution < 1.29 is 37.4 Å². The lowest BCUT2D eigenvalue weighted by Crippen LogP contribution is -2.33. The topological polar surface area (TPSA) is 119 Å². The summed E-state index contributed by atoms with van der Waals surface area (Å²) in [6.07, 6.45) is -5.19. The molecule has 3 rings (SSSR count). The quantitative estimate of drug-likeness (QED) is 0.553. The van der Waals surface area contributed by atoms with Crippen LogP contribution in [0.25, 0.3) is 0 Å². The van der Waals surface area contributed by atoms with E-state index in [1.807, 2.05) is 0 Å². The van der Waals surface area contributed by atoms with Gasteiger partial charge in [0.25, 0.3) is 5.91 Å². The van der Waals surface area contributed by atoms with E-state index in [0.29, 0.717) is 5.75 Å². The number of imide groups is 1. The summed E-state index contributed by atoms with van der Waals surface area (Å²) < 4.78 is 45.8. The molecule has 4 N–H and O–H groups in total. The zero-order chi connectivity index (χ0) is 22.8. The Morgan fingerprint density at radius 2 is 1.81 bits per heavy atom. The highest BCUT2D eigenvalue weighted by Gasteiger charge is 2.41. The number of nitrogens with one attached hydrogen (secondary N) is 1. The van der Waals surface area contributed by atoms with E-state index in [0.717, 1.165) is 17.7 Å². The number of rotatable bonds is 7. The molecule has 1 heterocycles. The molecule has 0 aliphatic carbocycles. The fourth-order valence-electron chi connectivity index (χ4n) is 2.94. The summed E-state index contributed by atoms with van der Waals surface area (Å²) in [4.78, 5) is 33.8. The van der Waals surface area contributed by atoms with Gasteiger partial charge in [0.15, 0.2) is 5.75 Å². The molecule has 2 aromatic rings. The average Bonchev–Trinajstić information content (AvgIpc) is 3.00. The molecule has 1 aliphatic rings. The van der Waals surface area contributed by atoms with Crippen LogP contribution in [-0.4, -0.2) is 34.0 Å². The number of alkyl halides is 3. The van der Waals surface area contributed by atoms with E-state index in [2.05, 4.69) is 5.32 Å². The molecule has 31 heavy (non-hydrogen) atoms. The van der Waals surface area contributed by atoms with E-state index in [4.69, 9.17) is 15.6 Å². The predicted octanol–water partition coefficient (Wildman–Crippen LogP) is 2.82. The first-order valence-electron chi connectivity index (χ1n) is 8.99. The summed E-state index contributed by atoms with van der Waals surface area (Å²) in [7, 11) is -0.739. The largest absolute Gasteiger partial charge is 0.480 e. The van der Waals surface area contributed by atoms with Crippen molar-refractivity contribution in [2.75, 3.05) is 5.75 Å². The molecule has 0 aromatic heterocycles. The number of ether oxygens (including phenoxy) is 1. The zero-order valence-corrected chi connectivity index (χ0v) is 16.8. The van der Waals surface area contributed by atoms with Gasteiger partial charge >= 0.3 is 17.4 Å². The van der Waals surface area contributed by atoms with Crippen molar-refractivity contribution in [2.45, 2.75) is 24.4 Å². The molecule has 2 unspecified atom stereocenters. The fraction of sp³-hybridized carbons (Fsp3) is 0.250. The maximum absolute atomic E-state index is 13.4. The number of carbonyl (C=O) groups is 3. The molecule has 2 aromatic carbocycles. The van der Waals surface area contributed by atoms with Gasteiger partial charge in [-0.25, -0.2) is 10.1 Å². The summed E-state index contributed by atoms with van der Waals surface area (Å²) >= 11 is 0. The normalized spacial score (nSPS) is 17.4. The molecule has 7 nitrogen and oxygen atoms in total. The summed E-state index contributed by atoms with van der Waals surface area (Å²) in [5.41, 5.74) is 4.90. The second-order valence-corrected chi connectivity index (χ2v) is 8.76. The lowest BCUT2D eigenvalue weighted by atomic mass is 10.00. The standard InChI is InChI=1S/C20H17F3N2O5S/c21-20(22,23)15-8-14(6-3-12(15)7-16(24)18(27)28)30-13-4-1-11(2-5-13)9-31-10-17(26)25-19(31)29/h1-6,8,16H,7,9-10,24H2,(H-,25,26,27,28,29)/p+1. The number of hydrogen-bond acceptors (Lipinski definition) is 5. The number of halogens is 3. The molecule has 1 fully saturated rings. The minimum absolute atomic E-state index is 0.0737. The Balaban J connectivity index is 1.74. The van der Waals surface area contributed by atoms with Crippen LogP contribution in [-0.2, 0) is 38.8 Å². The zero-order valence-electron chi connectivity index (χ0n) is 15.9. The molecule has 164 valence electrons. The fourth-order valence-corrected chi connectivity index (χ4v) is 4.54. The molecule has 0 spiro atoms. The molecule has 2 amide bonds. The third kappa shape index (κ3) is 5.76. The van der Waals surface area contributed by atoms with Gasteiger partial charge in [0.1, 0.15) is 23.3 Å². The van der Waals surface area contributed by atoms with Crippen molar-refractivity contribution >= 4 is 28.0 Å². The number of amides is 2. The second kappa shape index (κ2) is 8.98. The average molecular weight is 455 g/mol. The summed E-state index contributed by atoms with van der Waals surface area (Å²) in [6, 6.07) is 8.24. The van der Waals surface area contributed by atoms with Crippen LogP contribution in [0.15, 0.2) is 42.5 Å². The molecule has 11 heteroatoms. The molecule has 0 bridgehead atoms. The van der Waals surface area contributed by atoms with E-state index in [1.54, 1.807) is 24.3 Å². The van der Waals surface area contributed by atoms with Gasteiger partial charge in [0.05, 0.1) is 16.5 Å². The lowest BCUT2D eigenvalue weighted by molar-refractivity contribution is -0.140. The number of carboxylic acid groups (broad SMARTS) is 1. The van der Waals surface area contributed by atoms with Gasteiger partial charge in [-0.15, -0.1) is 0 Å². The van der Waals surface area contributed by atoms with Crippen LogP contribution in [0.1, 0.15) is 16.7 Å². The van der Waals surface area contributed by atoms with E-state index in [-0.39, 0.29) is 34.0 Å². The first kappa shape index (κ1) is 22.6. The smallest absolute Gasteiger partial charge is 0.436 e. The van der Waals surface area contributed by atoms with Gasteiger partial charge in [0.2, 0.25) is 0 Å². The highest BCUT2D eigenvalue weighted by molar-refractivity contribution is 8.11. The van der Waals surface area contributed by atoms with Crippen molar-refractivity contribution in [3.63, 3.8) is 0 Å². The third-order valence-corrected chi connectivity index (χ3v) is 6.37. The molecular weight excluding hydrogens is 437 g/mol.